The van der Waals surface area contributed by atoms with Gasteiger partial charge in [0.1, 0.15) is 0 Å². The first-order chi connectivity index (χ1) is 8.54. The molecule has 1 aliphatic rings. The topological polar surface area (TPSA) is 60.4 Å². The van der Waals surface area contributed by atoms with Gasteiger partial charge < -0.3 is 4.74 Å². The number of nitrogens with zero attached hydrogens (tertiary/aromatic N) is 1. The lowest BCUT2D eigenvalue weighted by atomic mass is 10.2. The van der Waals surface area contributed by atoms with Crippen molar-refractivity contribution in [3.63, 3.8) is 0 Å². The molecule has 0 radical (unpaired) electrons. The van der Waals surface area contributed by atoms with Crippen LogP contribution in [0.4, 0.5) is 0 Å². The van der Waals surface area contributed by atoms with Crippen LogP contribution < -0.4 is 0 Å². The largest absolute Gasteiger partial charge is 0.409 e. The third-order valence-electron chi connectivity index (χ3n) is 2.45. The smallest absolute Gasteiger partial charge is 0.367 e. The summed E-state index contributed by atoms with van der Waals surface area (Å²) in [5.41, 5.74) is 0.327. The van der Waals surface area contributed by atoms with Crippen molar-refractivity contribution in [2.24, 2.45) is 0 Å². The molecule has 18 heavy (non-hydrogen) atoms. The molecule has 1 aliphatic heterocycles. The van der Waals surface area contributed by atoms with Crippen molar-refractivity contribution < 1.29 is 23.1 Å². The van der Waals surface area contributed by atoms with Crippen LogP contribution in [-0.2, 0) is 14.3 Å². The number of halogens is 1. The van der Waals surface area contributed by atoms with E-state index in [1.165, 1.54) is 0 Å². The summed E-state index contributed by atoms with van der Waals surface area (Å²) in [6.45, 7) is -0.528. The number of benzene rings is 1. The Balaban J connectivity index is 2.03. The number of imide groups is 1. The van der Waals surface area contributed by atoms with E-state index in [2.05, 4.69) is 0 Å². The van der Waals surface area contributed by atoms with Crippen LogP contribution in [-0.4, -0.2) is 28.5 Å². The quantitative estimate of drug-likeness (QED) is 0.471. The first-order valence-corrected chi connectivity index (χ1v) is 5.45. The minimum atomic E-state index is -1.08. The van der Waals surface area contributed by atoms with Crippen molar-refractivity contribution in [3.05, 3.63) is 48.0 Å². The Morgan fingerprint density at radius 2 is 1.67 bits per heavy atom. The Morgan fingerprint density at radius 3 is 2.22 bits per heavy atom. The van der Waals surface area contributed by atoms with E-state index in [1.807, 2.05) is 0 Å². The zero-order valence-electron chi connectivity index (χ0n) is 9.21. The molecule has 0 fully saturated rings. The predicted molar refractivity (Wildman–Crippen MR) is 62.0 cm³/mol. The monoisotopic (exact) mass is 266 g/mol. The summed E-state index contributed by atoms with van der Waals surface area (Å²) in [7, 11) is 0. The lowest BCUT2D eigenvalue weighted by Gasteiger charge is -2.17. The highest BCUT2D eigenvalue weighted by Crippen LogP contribution is 2.21. The van der Waals surface area contributed by atoms with E-state index in [1.54, 1.807) is 30.3 Å². The molecule has 0 saturated carbocycles. The normalized spacial score (nSPS) is 16.9. The average Bonchev–Trinajstić information content (AvgIpc) is 2.65. The van der Waals surface area contributed by atoms with Crippen LogP contribution in [0.1, 0.15) is 10.4 Å². The zero-order valence-corrected chi connectivity index (χ0v) is 9.96. The van der Waals surface area contributed by atoms with Gasteiger partial charge in [0.05, 0.1) is 17.7 Å². The summed E-state index contributed by atoms with van der Waals surface area (Å²) in [6, 6.07) is 8.23. The molecule has 1 heterocycles. The molecule has 0 bridgehead atoms. The maximum absolute atomic E-state index is 11.6. The van der Waals surface area contributed by atoms with Gasteiger partial charge in [0.15, 0.2) is 11.8 Å². The van der Waals surface area contributed by atoms with Crippen LogP contribution in [0.25, 0.3) is 0 Å². The summed E-state index contributed by atoms with van der Waals surface area (Å²) in [6.07, 6.45) is 2.12. The highest BCUT2D eigenvalue weighted by atomic mass is 35.5. The second-order valence-corrected chi connectivity index (χ2v) is 4.23. The Bertz CT molecular complexity index is 520. The minimum absolute atomic E-state index is 0.327. The summed E-state index contributed by atoms with van der Waals surface area (Å²) in [4.78, 5) is 34.4. The average molecular weight is 267 g/mol. The molecule has 0 aromatic heterocycles. The minimum Gasteiger partial charge on any atom is -0.409 e. The molecule has 0 atom stereocenters. The summed E-state index contributed by atoms with van der Waals surface area (Å²) in [5.74, 6) is -1.88. The van der Waals surface area contributed by atoms with E-state index in [0.717, 1.165) is 12.2 Å². The standard InChI is InChI=1S/C12H9ClNO4/c13-14(10(15)6-7-11(14)16)8-18-12(17)9-4-2-1-3-5-9/h1-7H,8H2/q+1. The number of quaternary nitrogens is 1. The van der Waals surface area contributed by atoms with Crippen molar-refractivity contribution in [1.82, 2.24) is 0 Å². The number of hydrogen-bond acceptors (Lipinski definition) is 4. The molecule has 0 saturated heterocycles. The third-order valence-corrected chi connectivity index (χ3v) is 2.88. The van der Waals surface area contributed by atoms with Crippen molar-refractivity contribution >= 4 is 29.6 Å². The van der Waals surface area contributed by atoms with Gasteiger partial charge in [0.25, 0.3) is 6.73 Å². The summed E-state index contributed by atoms with van der Waals surface area (Å²) < 4.78 is 3.79. The Kier molecular flexibility index (Phi) is 3.27. The molecule has 6 heteroatoms. The van der Waals surface area contributed by atoms with Crippen LogP contribution in [0.2, 0.25) is 0 Å². The van der Waals surface area contributed by atoms with Gasteiger partial charge in [-0.3, -0.25) is 0 Å². The number of carbonyl (C=O) groups excluding carboxylic acids is 3. The van der Waals surface area contributed by atoms with E-state index in [9.17, 15) is 14.4 Å². The number of rotatable bonds is 3. The van der Waals surface area contributed by atoms with Gasteiger partial charge in [-0.05, 0) is 12.1 Å². The van der Waals surface area contributed by atoms with Gasteiger partial charge in [-0.15, -0.1) is 0 Å². The fourth-order valence-corrected chi connectivity index (χ4v) is 1.58. The fraction of sp³-hybridized carbons (Fsp3) is 0.0833. The lowest BCUT2D eigenvalue weighted by molar-refractivity contribution is -0.673. The Hall–Kier alpha value is -1.98. The number of ether oxygens (including phenoxy) is 1. The summed E-state index contributed by atoms with van der Waals surface area (Å²) in [5, 5.41) is 0. The molecule has 1 aromatic rings. The van der Waals surface area contributed by atoms with Crippen LogP contribution in [0.5, 0.6) is 0 Å². The Labute approximate surface area is 108 Å². The fourth-order valence-electron chi connectivity index (χ4n) is 1.42. The van der Waals surface area contributed by atoms with Crippen molar-refractivity contribution in [3.8, 4) is 0 Å². The molecule has 2 rings (SSSR count). The maximum Gasteiger partial charge on any atom is 0.367 e. The van der Waals surface area contributed by atoms with E-state index < -0.39 is 28.5 Å². The van der Waals surface area contributed by atoms with Crippen LogP contribution in [0.3, 0.4) is 0 Å². The second kappa shape index (κ2) is 4.72. The molecular formula is C12H9ClNO4+. The molecule has 0 N–H and O–H groups in total. The SMILES string of the molecule is O=C(OC[N+]1(Cl)C(=O)C=CC1=O)c1ccccc1. The van der Waals surface area contributed by atoms with E-state index in [4.69, 9.17) is 16.5 Å². The molecule has 0 aliphatic carbocycles. The second-order valence-electron chi connectivity index (χ2n) is 3.65. The van der Waals surface area contributed by atoms with Crippen molar-refractivity contribution in [1.29, 1.82) is 0 Å². The van der Waals surface area contributed by atoms with Gasteiger partial charge in [0, 0.05) is 0 Å². The maximum atomic E-state index is 11.6. The molecule has 1 aromatic carbocycles. The molecule has 2 amide bonds. The van der Waals surface area contributed by atoms with Gasteiger partial charge in [-0.1, -0.05) is 22.2 Å². The van der Waals surface area contributed by atoms with Crippen LogP contribution in [0, 0.1) is 0 Å². The molecule has 5 nitrogen and oxygen atoms in total. The van der Waals surface area contributed by atoms with E-state index in [0.29, 0.717) is 5.56 Å². The van der Waals surface area contributed by atoms with Gasteiger partial charge in [-0.25, -0.2) is 14.4 Å². The van der Waals surface area contributed by atoms with Crippen molar-refractivity contribution in [2.45, 2.75) is 0 Å². The van der Waals surface area contributed by atoms with E-state index >= 15 is 0 Å². The van der Waals surface area contributed by atoms with Gasteiger partial charge in [0.2, 0.25) is 0 Å². The highest BCUT2D eigenvalue weighted by molar-refractivity contribution is 6.24. The number of hydrogen-bond donors (Lipinski definition) is 0. The summed E-state index contributed by atoms with van der Waals surface area (Å²) >= 11 is 5.80. The Morgan fingerprint density at radius 1 is 1.11 bits per heavy atom. The first-order valence-electron chi connectivity index (χ1n) is 5.11. The number of amides is 2. The molecule has 92 valence electrons. The number of esters is 1. The van der Waals surface area contributed by atoms with Gasteiger partial charge in [-0.2, -0.15) is 0 Å². The van der Waals surface area contributed by atoms with E-state index in [-0.39, 0.29) is 0 Å². The highest BCUT2D eigenvalue weighted by Gasteiger charge is 2.47. The first kappa shape index (κ1) is 12.5. The predicted octanol–water partition coefficient (Wildman–Crippen LogP) is 1.39. The lowest BCUT2D eigenvalue weighted by Crippen LogP contribution is -2.46. The van der Waals surface area contributed by atoms with Crippen LogP contribution in [0.15, 0.2) is 42.5 Å². The molecular weight excluding hydrogens is 258 g/mol. The molecule has 0 unspecified atom stereocenters. The third kappa shape index (κ3) is 2.18. The molecule has 0 spiro atoms. The van der Waals surface area contributed by atoms with Crippen LogP contribution >= 0.6 is 11.8 Å². The zero-order chi connectivity index (χ0) is 13.2. The van der Waals surface area contributed by atoms with Gasteiger partial charge >= 0.3 is 17.8 Å². The number of carbonyl (C=O) groups is 3. The van der Waals surface area contributed by atoms with Crippen molar-refractivity contribution in [2.75, 3.05) is 6.73 Å².